The molecule has 1 fully saturated rings. The zero-order chi connectivity index (χ0) is 22.7. The number of imide groups is 1. The van der Waals surface area contributed by atoms with Crippen LogP contribution >= 0.6 is 0 Å². The van der Waals surface area contributed by atoms with Gasteiger partial charge in [-0.25, -0.2) is 9.69 Å². The minimum absolute atomic E-state index is 0.142. The quantitative estimate of drug-likeness (QED) is 0.271. The van der Waals surface area contributed by atoms with Crippen LogP contribution in [0, 0.1) is 17.8 Å². The van der Waals surface area contributed by atoms with Crippen LogP contribution in [0.5, 0.6) is 0 Å². The lowest BCUT2D eigenvalue weighted by molar-refractivity contribution is -0.125. The largest absolute Gasteiger partial charge is 0.447 e. The first-order valence-electron chi connectivity index (χ1n) is 12.1. The van der Waals surface area contributed by atoms with Gasteiger partial charge in [0.25, 0.3) is 5.91 Å². The molecule has 0 bridgehead atoms. The van der Waals surface area contributed by atoms with E-state index in [9.17, 15) is 14.7 Å². The molecule has 0 spiro atoms. The Labute approximate surface area is 184 Å². The van der Waals surface area contributed by atoms with Crippen LogP contribution in [0.2, 0.25) is 0 Å². The van der Waals surface area contributed by atoms with Crippen molar-refractivity contribution in [2.24, 2.45) is 17.8 Å². The van der Waals surface area contributed by atoms with E-state index in [0.717, 1.165) is 12.8 Å². The number of ether oxygens (including phenoxy) is 1. The highest BCUT2D eigenvalue weighted by atomic mass is 16.6. The zero-order valence-electron chi connectivity index (χ0n) is 20.2. The molecule has 0 unspecified atom stereocenters. The first kappa shape index (κ1) is 26.7. The number of amides is 2. The van der Waals surface area contributed by atoms with Crippen molar-refractivity contribution in [2.75, 3.05) is 6.61 Å². The second kappa shape index (κ2) is 13.8. The van der Waals surface area contributed by atoms with Gasteiger partial charge in [0.05, 0.1) is 12.1 Å². The molecule has 4 atom stereocenters. The maximum absolute atomic E-state index is 12.8. The second-order valence-corrected chi connectivity index (χ2v) is 9.50. The van der Waals surface area contributed by atoms with Gasteiger partial charge in [-0.1, -0.05) is 92.1 Å². The molecule has 1 rings (SSSR count). The summed E-state index contributed by atoms with van der Waals surface area (Å²) < 4.78 is 5.08. The molecule has 5 heteroatoms. The van der Waals surface area contributed by atoms with Crippen LogP contribution in [0.25, 0.3) is 0 Å². The molecule has 0 aromatic heterocycles. The number of aliphatic hydroxyl groups excluding tert-OH is 1. The van der Waals surface area contributed by atoms with E-state index in [1.54, 1.807) is 13.0 Å². The number of nitrogens with zero attached hydrogens (tertiary/aromatic N) is 1. The summed E-state index contributed by atoms with van der Waals surface area (Å²) in [6.07, 6.45) is 12.0. The molecule has 1 aliphatic heterocycles. The van der Waals surface area contributed by atoms with E-state index in [0.29, 0.717) is 5.57 Å². The third-order valence-corrected chi connectivity index (χ3v) is 6.38. The van der Waals surface area contributed by atoms with E-state index in [1.807, 2.05) is 20.8 Å². The number of carbonyl (C=O) groups is 2. The first-order chi connectivity index (χ1) is 14.2. The molecule has 1 saturated heterocycles. The van der Waals surface area contributed by atoms with Crippen LogP contribution in [0.15, 0.2) is 11.6 Å². The Hall–Kier alpha value is -1.36. The van der Waals surface area contributed by atoms with Gasteiger partial charge in [-0.2, -0.15) is 0 Å². The van der Waals surface area contributed by atoms with Gasteiger partial charge in [-0.05, 0) is 25.2 Å². The zero-order valence-corrected chi connectivity index (χ0v) is 20.2. The molecular formula is C25H45NO4. The third-order valence-electron chi connectivity index (χ3n) is 6.38. The molecule has 174 valence electrons. The maximum atomic E-state index is 12.8. The summed E-state index contributed by atoms with van der Waals surface area (Å²) in [7, 11) is 0. The monoisotopic (exact) mass is 423 g/mol. The molecule has 1 N–H and O–H groups in total. The molecule has 1 heterocycles. The molecule has 30 heavy (non-hydrogen) atoms. The minimum atomic E-state index is -0.567. The lowest BCUT2D eigenvalue weighted by atomic mass is 9.88. The smallest absolute Gasteiger partial charge is 0.417 e. The van der Waals surface area contributed by atoms with Crippen molar-refractivity contribution >= 4 is 12.0 Å². The number of unbranched alkanes of at least 4 members (excludes halogenated alkanes) is 7. The van der Waals surface area contributed by atoms with Gasteiger partial charge in [-0.3, -0.25) is 4.79 Å². The number of hydrogen-bond acceptors (Lipinski definition) is 4. The van der Waals surface area contributed by atoms with Gasteiger partial charge in [-0.15, -0.1) is 0 Å². The van der Waals surface area contributed by atoms with Gasteiger partial charge >= 0.3 is 6.09 Å². The summed E-state index contributed by atoms with van der Waals surface area (Å²) in [5, 5.41) is 10.7. The van der Waals surface area contributed by atoms with Gasteiger partial charge in [0.2, 0.25) is 0 Å². The highest BCUT2D eigenvalue weighted by Gasteiger charge is 2.40. The number of hydrogen-bond donors (Lipinski definition) is 1. The fourth-order valence-electron chi connectivity index (χ4n) is 4.20. The number of carbonyl (C=O) groups excluding carboxylic acids is 2. The lowest BCUT2D eigenvalue weighted by Crippen LogP contribution is -2.42. The first-order valence-corrected chi connectivity index (χ1v) is 12.1. The van der Waals surface area contributed by atoms with Crippen molar-refractivity contribution in [1.82, 2.24) is 4.90 Å². The Kier molecular flexibility index (Phi) is 12.3. The number of aliphatic hydroxyl groups is 1. The summed E-state index contributed by atoms with van der Waals surface area (Å²) in [6, 6.07) is -0.227. The molecule has 0 radical (unpaired) electrons. The molecule has 5 nitrogen and oxygen atoms in total. The molecular weight excluding hydrogens is 378 g/mol. The molecule has 2 amide bonds. The lowest BCUT2D eigenvalue weighted by Gasteiger charge is -2.25. The van der Waals surface area contributed by atoms with Crippen molar-refractivity contribution in [3.8, 4) is 0 Å². The standard InChI is InChI=1S/C25H45NO4/c1-7-8-9-10-11-12-13-14-15-19(4)23(27)20(5)16-21(6)24(28)26-22(18(2)3)17-30-25(26)29/h16,18-20,22-23,27H,7-15,17H2,1-6H3/b21-16+/t19-,20-,22+,23-/m0/s1. The van der Waals surface area contributed by atoms with E-state index in [2.05, 4.69) is 13.8 Å². The van der Waals surface area contributed by atoms with E-state index < -0.39 is 12.2 Å². The molecule has 0 aromatic rings. The van der Waals surface area contributed by atoms with Crippen molar-refractivity contribution < 1.29 is 19.4 Å². The van der Waals surface area contributed by atoms with Crippen molar-refractivity contribution in [3.63, 3.8) is 0 Å². The van der Waals surface area contributed by atoms with Gasteiger partial charge in [0.1, 0.15) is 6.61 Å². The van der Waals surface area contributed by atoms with Crippen molar-refractivity contribution in [1.29, 1.82) is 0 Å². The summed E-state index contributed by atoms with van der Waals surface area (Å²) in [4.78, 5) is 26.1. The Bertz CT molecular complexity index is 557. The van der Waals surface area contributed by atoms with E-state index in [1.165, 1.54) is 49.8 Å². The van der Waals surface area contributed by atoms with Gasteiger partial charge in [0.15, 0.2) is 0 Å². The summed E-state index contributed by atoms with van der Waals surface area (Å²) in [6.45, 7) is 12.2. The van der Waals surface area contributed by atoms with Crippen LogP contribution in [0.3, 0.4) is 0 Å². The highest BCUT2D eigenvalue weighted by molar-refractivity contribution is 6.03. The van der Waals surface area contributed by atoms with Crippen LogP contribution in [0.4, 0.5) is 4.79 Å². The number of cyclic esters (lactones) is 1. The summed E-state index contributed by atoms with van der Waals surface area (Å²) >= 11 is 0. The van der Waals surface area contributed by atoms with E-state index in [-0.39, 0.29) is 36.3 Å². The predicted molar refractivity (Wildman–Crippen MR) is 122 cm³/mol. The summed E-state index contributed by atoms with van der Waals surface area (Å²) in [5.74, 6) is -0.137. The topological polar surface area (TPSA) is 66.8 Å². The van der Waals surface area contributed by atoms with Gasteiger partial charge in [0, 0.05) is 11.5 Å². The van der Waals surface area contributed by atoms with Gasteiger partial charge < -0.3 is 9.84 Å². The van der Waals surface area contributed by atoms with Crippen LogP contribution < -0.4 is 0 Å². The average Bonchev–Trinajstić information content (AvgIpc) is 3.10. The van der Waals surface area contributed by atoms with Crippen LogP contribution in [0.1, 0.15) is 99.3 Å². The predicted octanol–water partition coefficient (Wildman–Crippen LogP) is 6.10. The molecule has 0 aliphatic carbocycles. The van der Waals surface area contributed by atoms with Crippen LogP contribution in [-0.4, -0.2) is 40.8 Å². The fourth-order valence-corrected chi connectivity index (χ4v) is 4.20. The normalized spacial score (nSPS) is 20.4. The minimum Gasteiger partial charge on any atom is -0.447 e. The Morgan fingerprint density at radius 3 is 2.23 bits per heavy atom. The molecule has 1 aliphatic rings. The molecule has 0 saturated carbocycles. The van der Waals surface area contributed by atoms with Crippen LogP contribution in [-0.2, 0) is 9.53 Å². The Balaban J connectivity index is 2.46. The SMILES string of the molecule is CCCCCCCCCC[C@H](C)[C@H](O)[C@@H](C)/C=C(\C)C(=O)N1C(=O)OC[C@@H]1C(C)C. The average molecular weight is 424 g/mol. The summed E-state index contributed by atoms with van der Waals surface area (Å²) in [5.41, 5.74) is 0.491. The van der Waals surface area contributed by atoms with Crippen molar-refractivity contribution in [3.05, 3.63) is 11.6 Å². The van der Waals surface area contributed by atoms with E-state index in [4.69, 9.17) is 4.74 Å². The fraction of sp³-hybridized carbons (Fsp3) is 0.840. The number of rotatable bonds is 14. The van der Waals surface area contributed by atoms with E-state index >= 15 is 0 Å². The maximum Gasteiger partial charge on any atom is 0.417 e. The second-order valence-electron chi connectivity index (χ2n) is 9.50. The Morgan fingerprint density at radius 2 is 1.67 bits per heavy atom. The highest BCUT2D eigenvalue weighted by Crippen LogP contribution is 2.25. The molecule has 0 aromatic carbocycles. The third kappa shape index (κ3) is 8.41. The Morgan fingerprint density at radius 1 is 1.10 bits per heavy atom. The van der Waals surface area contributed by atoms with Crippen molar-refractivity contribution in [2.45, 2.75) is 111 Å².